The van der Waals surface area contributed by atoms with E-state index in [1.807, 2.05) is 0 Å². The molecule has 0 aliphatic heterocycles. The van der Waals surface area contributed by atoms with Gasteiger partial charge in [-0.05, 0) is 28.9 Å². The first-order valence-electron chi connectivity index (χ1n) is 8.49. The Bertz CT molecular complexity index is 549. The van der Waals surface area contributed by atoms with Gasteiger partial charge in [0.25, 0.3) is 0 Å². The van der Waals surface area contributed by atoms with Crippen molar-refractivity contribution in [2.45, 2.75) is 58.3 Å². The molecular weight excluding hydrogens is 271 g/mol. The summed E-state index contributed by atoms with van der Waals surface area (Å²) in [7, 11) is 0. The van der Waals surface area contributed by atoms with Crippen molar-refractivity contribution in [2.24, 2.45) is 0 Å². The van der Waals surface area contributed by atoms with Gasteiger partial charge in [-0.2, -0.15) is 24.1 Å². The molecule has 0 radical (unpaired) electrons. The Labute approximate surface area is 154 Å². The molecule has 0 saturated carbocycles. The van der Waals surface area contributed by atoms with E-state index in [0.29, 0.717) is 5.92 Å². The molecule has 1 atom stereocenters. The Morgan fingerprint density at radius 2 is 1.52 bits per heavy atom. The summed E-state index contributed by atoms with van der Waals surface area (Å²) in [6.45, 7) is 9.11. The molecule has 0 N–H and O–H groups in total. The molecule has 2 rings (SSSR count). The second-order valence-electron chi connectivity index (χ2n) is 7.17. The SMILES string of the molecule is CCC(CC[CH-]c1ccccc1)c1ccc(C(C)(C)C)cc1.[Li+]. The van der Waals surface area contributed by atoms with Crippen LogP contribution in [0, 0.1) is 6.42 Å². The standard InChI is InChI=1S/C22H29.Li/c1-5-19(13-9-12-18-10-7-6-8-11-18)20-14-16-21(17-15-20)22(2,3)4;/h6-8,10-12,14-17,19H,5,9,13H2,1-4H3;/q-1;+1. The number of hydrogen-bond donors (Lipinski definition) is 0. The van der Waals surface area contributed by atoms with Crippen molar-refractivity contribution in [2.75, 3.05) is 0 Å². The van der Waals surface area contributed by atoms with Crippen LogP contribution in [0.3, 0.4) is 0 Å². The smallest absolute Gasteiger partial charge is 0.192 e. The molecule has 0 spiro atoms. The topological polar surface area (TPSA) is 0 Å². The van der Waals surface area contributed by atoms with E-state index in [0.717, 1.165) is 6.42 Å². The second-order valence-corrected chi connectivity index (χ2v) is 7.17. The first-order chi connectivity index (χ1) is 10.5. The third-order valence-electron chi connectivity index (χ3n) is 4.44. The summed E-state index contributed by atoms with van der Waals surface area (Å²) >= 11 is 0. The summed E-state index contributed by atoms with van der Waals surface area (Å²) in [5.41, 5.74) is 4.47. The monoisotopic (exact) mass is 300 g/mol. The molecule has 0 saturated heterocycles. The van der Waals surface area contributed by atoms with Crippen LogP contribution in [0.15, 0.2) is 54.6 Å². The van der Waals surface area contributed by atoms with Crippen LogP contribution < -0.4 is 18.9 Å². The predicted molar refractivity (Wildman–Crippen MR) is 97.3 cm³/mol. The summed E-state index contributed by atoms with van der Waals surface area (Å²) in [6.07, 6.45) is 5.92. The van der Waals surface area contributed by atoms with Gasteiger partial charge in [0.15, 0.2) is 0 Å². The summed E-state index contributed by atoms with van der Waals surface area (Å²) in [6, 6.07) is 19.9. The summed E-state index contributed by atoms with van der Waals surface area (Å²) in [5, 5.41) is 0. The van der Waals surface area contributed by atoms with Crippen LogP contribution in [0.2, 0.25) is 0 Å². The fraction of sp³-hybridized carbons (Fsp3) is 0.409. The van der Waals surface area contributed by atoms with E-state index in [-0.39, 0.29) is 24.3 Å². The molecule has 2 aromatic carbocycles. The van der Waals surface area contributed by atoms with E-state index in [2.05, 4.69) is 88.7 Å². The maximum atomic E-state index is 2.35. The van der Waals surface area contributed by atoms with E-state index in [4.69, 9.17) is 0 Å². The Hall–Kier alpha value is -1.09. The Morgan fingerprint density at radius 1 is 0.913 bits per heavy atom. The zero-order chi connectivity index (χ0) is 16.0. The van der Waals surface area contributed by atoms with Gasteiger partial charge in [-0.15, -0.1) is 12.1 Å². The van der Waals surface area contributed by atoms with Gasteiger partial charge in [-0.1, -0.05) is 70.9 Å². The average molecular weight is 300 g/mol. The first-order valence-corrected chi connectivity index (χ1v) is 8.49. The van der Waals surface area contributed by atoms with Gasteiger partial charge in [0, 0.05) is 0 Å². The minimum atomic E-state index is 0. The van der Waals surface area contributed by atoms with Gasteiger partial charge in [-0.25, -0.2) is 0 Å². The maximum absolute atomic E-state index is 2.35. The number of hydrogen-bond acceptors (Lipinski definition) is 0. The molecule has 23 heavy (non-hydrogen) atoms. The van der Waals surface area contributed by atoms with Crippen LogP contribution in [-0.4, -0.2) is 0 Å². The van der Waals surface area contributed by atoms with Crippen molar-refractivity contribution < 1.29 is 18.9 Å². The summed E-state index contributed by atoms with van der Waals surface area (Å²) in [4.78, 5) is 0. The minimum absolute atomic E-state index is 0. The fourth-order valence-corrected chi connectivity index (χ4v) is 2.90. The second kappa shape index (κ2) is 9.26. The van der Waals surface area contributed by atoms with Gasteiger partial charge in [0.1, 0.15) is 0 Å². The zero-order valence-corrected chi connectivity index (χ0v) is 15.5. The molecule has 0 heterocycles. The van der Waals surface area contributed by atoms with Gasteiger partial charge in [0.2, 0.25) is 0 Å². The van der Waals surface area contributed by atoms with Crippen molar-refractivity contribution in [3.63, 3.8) is 0 Å². The molecule has 1 heteroatoms. The molecule has 2 aromatic rings. The molecule has 118 valence electrons. The van der Waals surface area contributed by atoms with Crippen LogP contribution in [0.5, 0.6) is 0 Å². The number of rotatable bonds is 6. The largest absolute Gasteiger partial charge is 1.00 e. The van der Waals surface area contributed by atoms with Gasteiger partial charge in [-0.3, -0.25) is 0 Å². The maximum Gasteiger partial charge on any atom is 1.00 e. The average Bonchev–Trinajstić information content (AvgIpc) is 2.52. The molecule has 1 unspecified atom stereocenters. The van der Waals surface area contributed by atoms with Gasteiger partial charge < -0.3 is 0 Å². The first kappa shape index (κ1) is 20.0. The molecule has 0 aliphatic rings. The molecule has 0 bridgehead atoms. The summed E-state index contributed by atoms with van der Waals surface area (Å²) < 4.78 is 0. The van der Waals surface area contributed by atoms with E-state index in [1.54, 1.807) is 0 Å². The molecular formula is C22H29Li. The van der Waals surface area contributed by atoms with Crippen molar-refractivity contribution in [3.05, 3.63) is 77.7 Å². The molecule has 0 aromatic heterocycles. The normalized spacial score (nSPS) is 12.3. The quantitative estimate of drug-likeness (QED) is 0.566. The predicted octanol–water partition coefficient (Wildman–Crippen LogP) is 3.51. The Balaban J connectivity index is 0.00000264. The molecule has 0 fully saturated rings. The van der Waals surface area contributed by atoms with Crippen molar-refractivity contribution in [3.8, 4) is 0 Å². The molecule has 0 aliphatic carbocycles. The summed E-state index contributed by atoms with van der Waals surface area (Å²) in [5.74, 6) is 0.661. The van der Waals surface area contributed by atoms with E-state index < -0.39 is 0 Å². The van der Waals surface area contributed by atoms with Crippen LogP contribution in [0.25, 0.3) is 0 Å². The zero-order valence-electron chi connectivity index (χ0n) is 15.5. The van der Waals surface area contributed by atoms with Crippen LogP contribution in [0.4, 0.5) is 0 Å². The Morgan fingerprint density at radius 3 is 2.04 bits per heavy atom. The van der Waals surface area contributed by atoms with Gasteiger partial charge in [0.05, 0.1) is 0 Å². The van der Waals surface area contributed by atoms with Crippen molar-refractivity contribution >= 4 is 0 Å². The van der Waals surface area contributed by atoms with Crippen molar-refractivity contribution in [1.29, 1.82) is 0 Å². The third kappa shape index (κ3) is 6.13. The molecule has 0 amide bonds. The van der Waals surface area contributed by atoms with Crippen molar-refractivity contribution in [1.82, 2.24) is 0 Å². The molecule has 0 nitrogen and oxygen atoms in total. The van der Waals surface area contributed by atoms with E-state index >= 15 is 0 Å². The van der Waals surface area contributed by atoms with Crippen LogP contribution >= 0.6 is 0 Å². The Kier molecular flexibility index (Phi) is 8.04. The van der Waals surface area contributed by atoms with Gasteiger partial charge >= 0.3 is 18.9 Å². The number of benzene rings is 2. The van der Waals surface area contributed by atoms with Crippen LogP contribution in [-0.2, 0) is 5.41 Å². The minimum Gasteiger partial charge on any atom is -0.192 e. The van der Waals surface area contributed by atoms with E-state index in [1.165, 1.54) is 29.5 Å². The van der Waals surface area contributed by atoms with Crippen LogP contribution in [0.1, 0.15) is 69.6 Å². The van der Waals surface area contributed by atoms with E-state index in [9.17, 15) is 0 Å². The third-order valence-corrected chi connectivity index (χ3v) is 4.44. The fourth-order valence-electron chi connectivity index (χ4n) is 2.90.